The first-order valence-corrected chi connectivity index (χ1v) is 8.09. The standard InChI is InChI=1S/C19H21N3O2/c1-4-17-16(12-20-22(17)15-8-6-5-7-9-15)19(23)21-14(3)18-11-10-13(2)24-18/h5-12,14H,4H2,1-3H3,(H,21,23). The van der Waals surface area contributed by atoms with Crippen LogP contribution in [0, 0.1) is 6.92 Å². The van der Waals surface area contributed by atoms with Crippen molar-refractivity contribution in [2.75, 3.05) is 0 Å². The summed E-state index contributed by atoms with van der Waals surface area (Å²) in [5.41, 5.74) is 2.43. The lowest BCUT2D eigenvalue weighted by Crippen LogP contribution is -2.27. The molecule has 0 saturated heterocycles. The van der Waals surface area contributed by atoms with Gasteiger partial charge in [-0.1, -0.05) is 25.1 Å². The lowest BCUT2D eigenvalue weighted by molar-refractivity contribution is 0.0934. The van der Waals surface area contributed by atoms with Crippen LogP contribution in [0.4, 0.5) is 0 Å². The quantitative estimate of drug-likeness (QED) is 0.776. The SMILES string of the molecule is CCc1c(C(=O)NC(C)c2ccc(C)o2)cnn1-c1ccccc1. The maximum atomic E-state index is 12.7. The first-order valence-electron chi connectivity index (χ1n) is 8.09. The molecule has 0 fully saturated rings. The molecule has 3 aromatic rings. The zero-order valence-electron chi connectivity index (χ0n) is 14.1. The minimum Gasteiger partial charge on any atom is -0.464 e. The van der Waals surface area contributed by atoms with Crippen LogP contribution in [0.1, 0.15) is 47.5 Å². The number of para-hydroxylation sites is 1. The summed E-state index contributed by atoms with van der Waals surface area (Å²) in [6, 6.07) is 13.4. The molecule has 0 aliphatic carbocycles. The summed E-state index contributed by atoms with van der Waals surface area (Å²) in [4.78, 5) is 12.7. The van der Waals surface area contributed by atoms with Crippen molar-refractivity contribution >= 4 is 5.91 Å². The lowest BCUT2D eigenvalue weighted by atomic mass is 10.1. The van der Waals surface area contributed by atoms with Crippen molar-refractivity contribution in [2.24, 2.45) is 0 Å². The summed E-state index contributed by atoms with van der Waals surface area (Å²) in [5, 5.41) is 7.37. The van der Waals surface area contributed by atoms with Crippen molar-refractivity contribution in [3.05, 3.63) is 71.4 Å². The molecule has 1 atom stereocenters. The number of nitrogens with one attached hydrogen (secondary N) is 1. The predicted molar refractivity (Wildman–Crippen MR) is 92.3 cm³/mol. The molecule has 24 heavy (non-hydrogen) atoms. The Morgan fingerprint density at radius 1 is 1.25 bits per heavy atom. The van der Waals surface area contributed by atoms with Crippen LogP contribution in [0.5, 0.6) is 0 Å². The number of benzene rings is 1. The van der Waals surface area contributed by atoms with Crippen LogP contribution in [0.3, 0.4) is 0 Å². The van der Waals surface area contributed by atoms with Gasteiger partial charge in [-0.2, -0.15) is 5.10 Å². The zero-order chi connectivity index (χ0) is 17.1. The summed E-state index contributed by atoms with van der Waals surface area (Å²) < 4.78 is 7.39. The van der Waals surface area contributed by atoms with E-state index in [0.29, 0.717) is 12.0 Å². The van der Waals surface area contributed by atoms with E-state index in [-0.39, 0.29) is 11.9 Å². The van der Waals surface area contributed by atoms with Gasteiger partial charge in [-0.3, -0.25) is 4.79 Å². The lowest BCUT2D eigenvalue weighted by Gasteiger charge is -2.12. The van der Waals surface area contributed by atoms with E-state index in [1.165, 1.54) is 0 Å². The Hall–Kier alpha value is -2.82. The van der Waals surface area contributed by atoms with E-state index in [4.69, 9.17) is 4.42 Å². The number of rotatable bonds is 5. The summed E-state index contributed by atoms with van der Waals surface area (Å²) in [6.07, 6.45) is 2.34. The van der Waals surface area contributed by atoms with Gasteiger partial charge in [0, 0.05) is 0 Å². The van der Waals surface area contributed by atoms with Crippen LogP contribution < -0.4 is 5.32 Å². The molecule has 1 N–H and O–H groups in total. The van der Waals surface area contributed by atoms with Crippen LogP contribution in [-0.2, 0) is 6.42 Å². The number of aryl methyl sites for hydroxylation is 1. The smallest absolute Gasteiger partial charge is 0.255 e. The highest BCUT2D eigenvalue weighted by Gasteiger charge is 2.20. The second-order valence-electron chi connectivity index (χ2n) is 5.75. The molecule has 0 bridgehead atoms. The molecule has 1 unspecified atom stereocenters. The van der Waals surface area contributed by atoms with Crippen LogP contribution >= 0.6 is 0 Å². The van der Waals surface area contributed by atoms with Gasteiger partial charge in [0.2, 0.25) is 0 Å². The molecule has 2 aromatic heterocycles. The van der Waals surface area contributed by atoms with E-state index in [9.17, 15) is 4.79 Å². The Balaban J connectivity index is 1.84. The highest BCUT2D eigenvalue weighted by atomic mass is 16.3. The number of amides is 1. The van der Waals surface area contributed by atoms with Crippen molar-refractivity contribution in [2.45, 2.75) is 33.2 Å². The molecule has 5 nitrogen and oxygen atoms in total. The van der Waals surface area contributed by atoms with Crippen molar-refractivity contribution in [3.8, 4) is 5.69 Å². The van der Waals surface area contributed by atoms with Crippen molar-refractivity contribution < 1.29 is 9.21 Å². The van der Waals surface area contributed by atoms with Crippen LogP contribution in [-0.4, -0.2) is 15.7 Å². The maximum Gasteiger partial charge on any atom is 0.255 e. The van der Waals surface area contributed by atoms with E-state index in [2.05, 4.69) is 10.4 Å². The van der Waals surface area contributed by atoms with E-state index in [0.717, 1.165) is 22.9 Å². The van der Waals surface area contributed by atoms with E-state index in [1.807, 2.05) is 67.9 Å². The molecule has 1 amide bonds. The Labute approximate surface area is 141 Å². The Morgan fingerprint density at radius 2 is 2.00 bits per heavy atom. The molecule has 0 radical (unpaired) electrons. The Kier molecular flexibility index (Phi) is 4.51. The fraction of sp³-hybridized carbons (Fsp3) is 0.263. The molecular formula is C19H21N3O2. The average molecular weight is 323 g/mol. The molecule has 5 heteroatoms. The molecule has 0 spiro atoms. The minimum atomic E-state index is -0.198. The minimum absolute atomic E-state index is 0.143. The van der Waals surface area contributed by atoms with Gasteiger partial charge in [-0.15, -0.1) is 0 Å². The number of aromatic nitrogens is 2. The average Bonchev–Trinajstić information content (AvgIpc) is 3.21. The summed E-state index contributed by atoms with van der Waals surface area (Å²) in [5.74, 6) is 1.43. The molecule has 124 valence electrons. The Morgan fingerprint density at radius 3 is 2.62 bits per heavy atom. The third-order valence-corrected chi connectivity index (χ3v) is 3.98. The largest absolute Gasteiger partial charge is 0.464 e. The molecular weight excluding hydrogens is 302 g/mol. The van der Waals surface area contributed by atoms with Gasteiger partial charge >= 0.3 is 0 Å². The zero-order valence-corrected chi connectivity index (χ0v) is 14.1. The second-order valence-corrected chi connectivity index (χ2v) is 5.75. The van der Waals surface area contributed by atoms with Crippen molar-refractivity contribution in [1.82, 2.24) is 15.1 Å². The third kappa shape index (κ3) is 3.11. The Bertz CT molecular complexity index is 833. The van der Waals surface area contributed by atoms with Gasteiger partial charge in [0.1, 0.15) is 11.5 Å². The van der Waals surface area contributed by atoms with Gasteiger partial charge in [0.25, 0.3) is 5.91 Å². The molecule has 2 heterocycles. The van der Waals surface area contributed by atoms with Crippen molar-refractivity contribution in [3.63, 3.8) is 0 Å². The van der Waals surface area contributed by atoms with Gasteiger partial charge in [0.15, 0.2) is 0 Å². The monoisotopic (exact) mass is 323 g/mol. The number of hydrogen-bond acceptors (Lipinski definition) is 3. The molecule has 0 saturated carbocycles. The fourth-order valence-corrected chi connectivity index (χ4v) is 2.73. The summed E-state index contributed by atoms with van der Waals surface area (Å²) >= 11 is 0. The number of furan rings is 1. The highest BCUT2D eigenvalue weighted by Crippen LogP contribution is 2.19. The summed E-state index contributed by atoms with van der Waals surface area (Å²) in [6.45, 7) is 5.81. The van der Waals surface area contributed by atoms with Crippen LogP contribution in [0.15, 0.2) is 53.1 Å². The molecule has 3 rings (SSSR count). The van der Waals surface area contributed by atoms with Gasteiger partial charge < -0.3 is 9.73 Å². The number of carbonyl (C=O) groups is 1. The molecule has 1 aromatic carbocycles. The topological polar surface area (TPSA) is 60.1 Å². The second kappa shape index (κ2) is 6.74. The van der Waals surface area contributed by atoms with Gasteiger partial charge in [-0.25, -0.2) is 4.68 Å². The normalized spacial score (nSPS) is 12.1. The number of nitrogens with zero attached hydrogens (tertiary/aromatic N) is 2. The molecule has 0 aliphatic rings. The van der Waals surface area contributed by atoms with Gasteiger partial charge in [-0.05, 0) is 44.5 Å². The van der Waals surface area contributed by atoms with Crippen LogP contribution in [0.2, 0.25) is 0 Å². The first-order chi connectivity index (χ1) is 11.6. The van der Waals surface area contributed by atoms with Gasteiger partial charge in [0.05, 0.1) is 29.2 Å². The first kappa shape index (κ1) is 16.1. The fourth-order valence-electron chi connectivity index (χ4n) is 2.73. The van der Waals surface area contributed by atoms with E-state index < -0.39 is 0 Å². The molecule has 0 aliphatic heterocycles. The van der Waals surface area contributed by atoms with Crippen molar-refractivity contribution in [1.29, 1.82) is 0 Å². The van der Waals surface area contributed by atoms with E-state index in [1.54, 1.807) is 6.20 Å². The number of carbonyl (C=O) groups excluding carboxylic acids is 1. The predicted octanol–water partition coefficient (Wildman–Crippen LogP) is 3.83. The van der Waals surface area contributed by atoms with Crippen LogP contribution in [0.25, 0.3) is 5.69 Å². The van der Waals surface area contributed by atoms with E-state index >= 15 is 0 Å². The number of hydrogen-bond donors (Lipinski definition) is 1. The highest BCUT2D eigenvalue weighted by molar-refractivity contribution is 5.95. The maximum absolute atomic E-state index is 12.7. The summed E-state index contributed by atoms with van der Waals surface area (Å²) in [7, 11) is 0. The third-order valence-electron chi connectivity index (χ3n) is 3.98.